The lowest BCUT2D eigenvalue weighted by Crippen LogP contribution is -2.27. The highest BCUT2D eigenvalue weighted by Gasteiger charge is 2.08. The molecule has 0 saturated carbocycles. The molecule has 1 aromatic carbocycles. The molecule has 0 aliphatic rings. The van der Waals surface area contributed by atoms with Crippen LogP contribution < -0.4 is 0 Å². The Morgan fingerprint density at radius 3 is 2.39 bits per heavy atom. The highest BCUT2D eigenvalue weighted by molar-refractivity contribution is 6.83. The summed E-state index contributed by atoms with van der Waals surface area (Å²) < 4.78 is 0. The monoisotopic (exact) mass is 261 g/mol. The molecule has 0 radical (unpaired) electrons. The van der Waals surface area contributed by atoms with E-state index in [9.17, 15) is 0 Å². The average molecular weight is 261 g/mol. The largest absolute Gasteiger partial charge is 0.395 e. The lowest BCUT2D eigenvalue weighted by atomic mass is 10.2. The Morgan fingerprint density at radius 1 is 1.17 bits per heavy atom. The van der Waals surface area contributed by atoms with E-state index in [1.807, 2.05) is 18.2 Å². The Balaban J connectivity index is 2.57. The molecule has 0 aliphatic carbocycles. The summed E-state index contributed by atoms with van der Waals surface area (Å²) in [6.07, 6.45) is 0. The maximum atomic E-state index is 9.09. The van der Waals surface area contributed by atoms with Gasteiger partial charge in [0.05, 0.1) is 13.2 Å². The van der Waals surface area contributed by atoms with E-state index in [1.54, 1.807) is 0 Å². The van der Waals surface area contributed by atoms with Crippen molar-refractivity contribution in [3.05, 3.63) is 35.9 Å². The molecular weight excluding hydrogens is 238 g/mol. The minimum absolute atomic E-state index is 0.182. The number of hydrogen-bond acceptors (Lipinski definition) is 2. The topological polar surface area (TPSA) is 23.5 Å². The maximum Gasteiger partial charge on any atom is 0.129 e. The first-order chi connectivity index (χ1) is 8.51. The van der Waals surface area contributed by atoms with Gasteiger partial charge in [-0.25, -0.2) is 0 Å². The summed E-state index contributed by atoms with van der Waals surface area (Å²) in [5.41, 5.74) is 4.63. The lowest BCUT2D eigenvalue weighted by Gasteiger charge is -2.18. The first kappa shape index (κ1) is 15.0. The molecule has 3 heteroatoms. The number of rotatable bonds is 5. The molecular formula is C15H23NOSi. The second-order valence-corrected chi connectivity index (χ2v) is 10.2. The van der Waals surface area contributed by atoms with Gasteiger partial charge in [0, 0.05) is 13.1 Å². The van der Waals surface area contributed by atoms with E-state index in [0.717, 1.165) is 13.1 Å². The first-order valence-electron chi connectivity index (χ1n) is 6.38. The fourth-order valence-electron chi connectivity index (χ4n) is 1.61. The second-order valence-electron chi connectivity index (χ2n) is 5.47. The summed E-state index contributed by atoms with van der Waals surface area (Å²) in [4.78, 5) is 2.18. The van der Waals surface area contributed by atoms with Crippen molar-refractivity contribution in [3.8, 4) is 11.5 Å². The Kier molecular flexibility index (Phi) is 6.13. The number of aliphatic hydroxyl groups is 1. The number of hydrogen-bond donors (Lipinski definition) is 1. The lowest BCUT2D eigenvalue weighted by molar-refractivity contribution is 0.205. The predicted octanol–water partition coefficient (Wildman–Crippen LogP) is 2.36. The van der Waals surface area contributed by atoms with Crippen LogP contribution in [0.3, 0.4) is 0 Å². The average Bonchev–Trinajstić information content (AvgIpc) is 2.29. The Labute approximate surface area is 112 Å². The van der Waals surface area contributed by atoms with Gasteiger partial charge in [0.1, 0.15) is 8.07 Å². The Hall–Kier alpha value is -1.08. The summed E-state index contributed by atoms with van der Waals surface area (Å²) in [5.74, 6) is 3.26. The number of aliphatic hydroxyl groups excluding tert-OH is 1. The molecule has 1 N–H and O–H groups in total. The minimum Gasteiger partial charge on any atom is -0.395 e. The number of nitrogens with zero attached hydrogens (tertiary/aromatic N) is 1. The van der Waals surface area contributed by atoms with Crippen molar-refractivity contribution in [1.29, 1.82) is 0 Å². The van der Waals surface area contributed by atoms with Gasteiger partial charge >= 0.3 is 0 Å². The summed E-state index contributed by atoms with van der Waals surface area (Å²) in [7, 11) is -1.29. The van der Waals surface area contributed by atoms with E-state index < -0.39 is 8.07 Å². The van der Waals surface area contributed by atoms with E-state index in [1.165, 1.54) is 5.56 Å². The molecule has 0 heterocycles. The van der Waals surface area contributed by atoms with Crippen LogP contribution in [0.15, 0.2) is 30.3 Å². The molecule has 0 bridgehead atoms. The Morgan fingerprint density at radius 2 is 1.83 bits per heavy atom. The molecule has 0 amide bonds. The van der Waals surface area contributed by atoms with E-state index >= 15 is 0 Å². The van der Waals surface area contributed by atoms with Crippen molar-refractivity contribution < 1.29 is 5.11 Å². The zero-order chi connectivity index (χ0) is 13.4. The fourth-order valence-corrected chi connectivity index (χ4v) is 2.22. The van der Waals surface area contributed by atoms with Crippen molar-refractivity contribution >= 4 is 8.07 Å². The van der Waals surface area contributed by atoms with Crippen molar-refractivity contribution in [3.63, 3.8) is 0 Å². The van der Waals surface area contributed by atoms with Gasteiger partial charge in [-0.1, -0.05) is 55.9 Å². The summed E-state index contributed by atoms with van der Waals surface area (Å²) in [6.45, 7) is 9.17. The molecule has 1 rings (SSSR count). The zero-order valence-electron chi connectivity index (χ0n) is 11.6. The van der Waals surface area contributed by atoms with Gasteiger partial charge < -0.3 is 5.11 Å². The molecule has 0 aliphatic heterocycles. The Bertz CT molecular complexity index is 400. The molecule has 18 heavy (non-hydrogen) atoms. The third-order valence-electron chi connectivity index (χ3n) is 2.43. The first-order valence-corrected chi connectivity index (χ1v) is 9.88. The van der Waals surface area contributed by atoms with E-state index in [4.69, 9.17) is 5.11 Å². The van der Waals surface area contributed by atoms with Gasteiger partial charge in [-0.15, -0.1) is 5.54 Å². The summed E-state index contributed by atoms with van der Waals surface area (Å²) in [6, 6.07) is 10.3. The van der Waals surface area contributed by atoms with Gasteiger partial charge in [0.25, 0.3) is 0 Å². The molecule has 0 fully saturated rings. The molecule has 0 spiro atoms. The highest BCUT2D eigenvalue weighted by Crippen LogP contribution is 2.03. The molecule has 0 unspecified atom stereocenters. The van der Waals surface area contributed by atoms with Crippen LogP contribution in [-0.4, -0.2) is 37.8 Å². The van der Waals surface area contributed by atoms with Crippen LogP contribution in [0.25, 0.3) is 0 Å². The van der Waals surface area contributed by atoms with Gasteiger partial charge in [-0.3, -0.25) is 4.90 Å². The summed E-state index contributed by atoms with van der Waals surface area (Å²) >= 11 is 0. The molecule has 0 saturated heterocycles. The van der Waals surface area contributed by atoms with Crippen molar-refractivity contribution in [2.24, 2.45) is 0 Å². The smallest absolute Gasteiger partial charge is 0.129 e. The van der Waals surface area contributed by atoms with Crippen LogP contribution >= 0.6 is 0 Å². The fraction of sp³-hybridized carbons (Fsp3) is 0.467. The van der Waals surface area contributed by atoms with E-state index in [-0.39, 0.29) is 6.61 Å². The maximum absolute atomic E-state index is 9.09. The second kappa shape index (κ2) is 7.37. The molecule has 1 aromatic rings. The quantitative estimate of drug-likeness (QED) is 0.650. The highest BCUT2D eigenvalue weighted by atomic mass is 28.3. The van der Waals surface area contributed by atoms with Gasteiger partial charge in [0.2, 0.25) is 0 Å². The van der Waals surface area contributed by atoms with Crippen LogP contribution in [0.5, 0.6) is 0 Å². The molecule has 0 aromatic heterocycles. The van der Waals surface area contributed by atoms with E-state index in [2.05, 4.69) is 48.1 Å². The van der Waals surface area contributed by atoms with Crippen molar-refractivity contribution in [2.45, 2.75) is 26.2 Å². The third kappa shape index (κ3) is 6.60. The zero-order valence-corrected chi connectivity index (χ0v) is 12.6. The number of benzene rings is 1. The van der Waals surface area contributed by atoms with Gasteiger partial charge in [-0.05, 0) is 5.56 Å². The van der Waals surface area contributed by atoms with Crippen molar-refractivity contribution in [2.75, 3.05) is 19.7 Å². The van der Waals surface area contributed by atoms with Gasteiger partial charge in [-0.2, -0.15) is 0 Å². The molecule has 98 valence electrons. The van der Waals surface area contributed by atoms with Crippen LogP contribution in [0.1, 0.15) is 5.56 Å². The molecule has 2 nitrogen and oxygen atoms in total. The molecule has 0 atom stereocenters. The summed E-state index contributed by atoms with van der Waals surface area (Å²) in [5, 5.41) is 9.09. The van der Waals surface area contributed by atoms with Crippen molar-refractivity contribution in [1.82, 2.24) is 4.90 Å². The minimum atomic E-state index is -1.29. The predicted molar refractivity (Wildman–Crippen MR) is 79.9 cm³/mol. The van der Waals surface area contributed by atoms with Gasteiger partial charge in [0.15, 0.2) is 0 Å². The standard InChI is InChI=1S/C15H23NOSi/c1-18(2,3)13-7-10-16(11-12-17)14-15-8-5-4-6-9-15/h4-6,8-9,17H,10-12,14H2,1-3H3. The van der Waals surface area contributed by atoms with E-state index in [0.29, 0.717) is 6.54 Å². The third-order valence-corrected chi connectivity index (χ3v) is 3.36. The van der Waals surface area contributed by atoms with Crippen LogP contribution in [0.2, 0.25) is 19.6 Å². The van der Waals surface area contributed by atoms with Crippen LogP contribution in [0, 0.1) is 11.5 Å². The SMILES string of the molecule is C[Si](C)(C)C#CCN(CCO)Cc1ccccc1. The van der Waals surface area contributed by atoms with Crippen LogP contribution in [-0.2, 0) is 6.54 Å². The normalized spacial score (nSPS) is 11.2. The van der Waals surface area contributed by atoms with Crippen LogP contribution in [0.4, 0.5) is 0 Å².